The van der Waals surface area contributed by atoms with E-state index < -0.39 is 5.97 Å². The summed E-state index contributed by atoms with van der Waals surface area (Å²) in [4.78, 5) is 12.8. The van der Waals surface area contributed by atoms with Crippen molar-refractivity contribution >= 4 is 21.9 Å². The van der Waals surface area contributed by atoms with Crippen LogP contribution >= 0.6 is 15.9 Å². The van der Waals surface area contributed by atoms with Gasteiger partial charge in [0, 0.05) is 17.1 Å². The molecule has 1 aromatic carbocycles. The number of aliphatic carboxylic acids is 1. The van der Waals surface area contributed by atoms with Crippen LogP contribution in [0.2, 0.25) is 0 Å². The van der Waals surface area contributed by atoms with Gasteiger partial charge in [0.1, 0.15) is 12.4 Å². The zero-order valence-electron chi connectivity index (χ0n) is 11.3. The van der Waals surface area contributed by atoms with Crippen molar-refractivity contribution in [3.05, 3.63) is 28.7 Å². The van der Waals surface area contributed by atoms with Gasteiger partial charge in [0.15, 0.2) is 0 Å². The molecule has 1 N–H and O–H groups in total. The van der Waals surface area contributed by atoms with Gasteiger partial charge in [0.2, 0.25) is 0 Å². The molecule has 0 saturated heterocycles. The largest absolute Gasteiger partial charge is 0.492 e. The fraction of sp³-hybridized carbons (Fsp3) is 0.500. The van der Waals surface area contributed by atoms with Crippen molar-refractivity contribution in [1.29, 1.82) is 0 Å². The summed E-state index contributed by atoms with van der Waals surface area (Å²) in [6, 6.07) is 7.69. The Morgan fingerprint density at radius 3 is 2.58 bits per heavy atom. The van der Waals surface area contributed by atoms with E-state index in [0.29, 0.717) is 6.61 Å². The lowest BCUT2D eigenvalue weighted by atomic mass is 10.2. The number of hydrogen-bond acceptors (Lipinski definition) is 3. The molecule has 0 aliphatic rings. The number of carboxylic acids is 1. The summed E-state index contributed by atoms with van der Waals surface area (Å²) in [5, 5.41) is 8.80. The van der Waals surface area contributed by atoms with E-state index in [2.05, 4.69) is 20.8 Å². The summed E-state index contributed by atoms with van der Waals surface area (Å²) in [5.41, 5.74) is 0. The van der Waals surface area contributed by atoms with Crippen LogP contribution in [0.4, 0.5) is 0 Å². The van der Waals surface area contributed by atoms with Crippen molar-refractivity contribution < 1.29 is 14.6 Å². The van der Waals surface area contributed by atoms with E-state index in [-0.39, 0.29) is 12.5 Å². The van der Waals surface area contributed by atoms with Crippen LogP contribution in [0.1, 0.15) is 20.3 Å². The lowest BCUT2D eigenvalue weighted by Crippen LogP contribution is -2.37. The van der Waals surface area contributed by atoms with Crippen molar-refractivity contribution in [2.75, 3.05) is 19.7 Å². The van der Waals surface area contributed by atoms with Crippen LogP contribution in [0.3, 0.4) is 0 Å². The van der Waals surface area contributed by atoms with Crippen LogP contribution in [0, 0.1) is 0 Å². The number of nitrogens with zero attached hydrogens (tertiary/aromatic N) is 1. The molecule has 0 aliphatic carbocycles. The molecule has 1 unspecified atom stereocenters. The van der Waals surface area contributed by atoms with Gasteiger partial charge >= 0.3 is 5.97 Å². The Balaban J connectivity index is 2.37. The predicted molar refractivity (Wildman–Crippen MR) is 78.6 cm³/mol. The highest BCUT2D eigenvalue weighted by Crippen LogP contribution is 2.16. The van der Waals surface area contributed by atoms with Gasteiger partial charge in [0.25, 0.3) is 0 Å². The summed E-state index contributed by atoms with van der Waals surface area (Å²) in [6.45, 7) is 6.05. The average Bonchev–Trinajstić information content (AvgIpc) is 2.36. The second kappa shape index (κ2) is 8.17. The van der Waals surface area contributed by atoms with Gasteiger partial charge in [-0.25, -0.2) is 0 Å². The SMILES string of the molecule is CCN(CCOc1ccc(Br)cc1)C(C)CC(=O)O. The molecule has 0 aromatic heterocycles. The van der Waals surface area contributed by atoms with Crippen LogP contribution in [0.5, 0.6) is 5.75 Å². The first-order valence-corrected chi connectivity index (χ1v) is 7.16. The molecule has 5 heteroatoms. The number of ether oxygens (including phenoxy) is 1. The summed E-state index contributed by atoms with van der Waals surface area (Å²) < 4.78 is 6.66. The molecule has 0 radical (unpaired) electrons. The third-order valence-electron chi connectivity index (χ3n) is 2.96. The smallest absolute Gasteiger partial charge is 0.304 e. The lowest BCUT2D eigenvalue weighted by Gasteiger charge is -2.26. The Morgan fingerprint density at radius 1 is 1.42 bits per heavy atom. The second-order valence-electron chi connectivity index (χ2n) is 4.38. The monoisotopic (exact) mass is 329 g/mol. The number of hydrogen-bond donors (Lipinski definition) is 1. The standard InChI is InChI=1S/C14H20BrNO3/c1-3-16(11(2)10-14(17)18)8-9-19-13-6-4-12(15)5-7-13/h4-7,11H,3,8-10H2,1-2H3,(H,17,18). The number of carbonyl (C=O) groups is 1. The van der Waals surface area contributed by atoms with Crippen LogP contribution in [-0.4, -0.2) is 41.7 Å². The van der Waals surface area contributed by atoms with Crippen LogP contribution in [-0.2, 0) is 4.79 Å². The maximum atomic E-state index is 10.7. The van der Waals surface area contributed by atoms with Crippen LogP contribution in [0.15, 0.2) is 28.7 Å². The Hall–Kier alpha value is -1.07. The van der Waals surface area contributed by atoms with Crippen LogP contribution < -0.4 is 4.74 Å². The maximum absolute atomic E-state index is 10.7. The van der Waals surface area contributed by atoms with Gasteiger partial charge in [-0.05, 0) is 37.7 Å². The Kier molecular flexibility index (Phi) is 6.87. The predicted octanol–water partition coefficient (Wildman–Crippen LogP) is 3.01. The highest BCUT2D eigenvalue weighted by Gasteiger charge is 2.15. The molecule has 0 heterocycles. The third kappa shape index (κ3) is 6.07. The Morgan fingerprint density at radius 2 is 2.05 bits per heavy atom. The average molecular weight is 330 g/mol. The van der Waals surface area contributed by atoms with E-state index in [4.69, 9.17) is 9.84 Å². The number of likely N-dealkylation sites (N-methyl/N-ethyl adjacent to an activating group) is 1. The van der Waals surface area contributed by atoms with Gasteiger partial charge < -0.3 is 9.84 Å². The second-order valence-corrected chi connectivity index (χ2v) is 5.29. The normalized spacial score (nSPS) is 12.4. The minimum Gasteiger partial charge on any atom is -0.492 e. The van der Waals surface area contributed by atoms with Gasteiger partial charge in [-0.15, -0.1) is 0 Å². The lowest BCUT2D eigenvalue weighted by molar-refractivity contribution is -0.138. The van der Waals surface area contributed by atoms with E-state index in [1.165, 1.54) is 0 Å². The molecule has 1 atom stereocenters. The molecule has 0 amide bonds. The topological polar surface area (TPSA) is 49.8 Å². The quantitative estimate of drug-likeness (QED) is 0.796. The van der Waals surface area contributed by atoms with Gasteiger partial charge in [0.05, 0.1) is 6.42 Å². The van der Waals surface area contributed by atoms with Crippen LogP contribution in [0.25, 0.3) is 0 Å². The number of carboxylic acid groups (broad SMARTS) is 1. The molecule has 1 rings (SSSR count). The first-order chi connectivity index (χ1) is 9.02. The van der Waals surface area contributed by atoms with E-state index in [1.807, 2.05) is 38.1 Å². The fourth-order valence-corrected chi connectivity index (χ4v) is 2.15. The van der Waals surface area contributed by atoms with E-state index in [9.17, 15) is 4.79 Å². The first-order valence-electron chi connectivity index (χ1n) is 6.37. The molecule has 1 aromatic rings. The molecule has 4 nitrogen and oxygen atoms in total. The molecule has 19 heavy (non-hydrogen) atoms. The highest BCUT2D eigenvalue weighted by atomic mass is 79.9. The van der Waals surface area contributed by atoms with E-state index >= 15 is 0 Å². The first kappa shape index (κ1) is 16.0. The van der Waals surface area contributed by atoms with Crippen molar-refractivity contribution in [3.63, 3.8) is 0 Å². The minimum absolute atomic E-state index is 0.0241. The number of halogens is 1. The summed E-state index contributed by atoms with van der Waals surface area (Å²) in [6.07, 6.45) is 0.159. The zero-order valence-corrected chi connectivity index (χ0v) is 12.9. The van der Waals surface area contributed by atoms with E-state index in [1.54, 1.807) is 0 Å². The number of benzene rings is 1. The molecule has 0 fully saturated rings. The molecular weight excluding hydrogens is 310 g/mol. The zero-order chi connectivity index (χ0) is 14.3. The van der Waals surface area contributed by atoms with Gasteiger partial charge in [-0.1, -0.05) is 22.9 Å². The van der Waals surface area contributed by atoms with Crippen molar-refractivity contribution in [2.45, 2.75) is 26.3 Å². The van der Waals surface area contributed by atoms with Crippen molar-refractivity contribution in [3.8, 4) is 5.75 Å². The Labute approximate surface area is 122 Å². The molecule has 0 saturated carbocycles. The molecule has 106 valence electrons. The highest BCUT2D eigenvalue weighted by molar-refractivity contribution is 9.10. The third-order valence-corrected chi connectivity index (χ3v) is 3.49. The van der Waals surface area contributed by atoms with Crippen molar-refractivity contribution in [2.24, 2.45) is 0 Å². The van der Waals surface area contributed by atoms with E-state index in [0.717, 1.165) is 23.3 Å². The minimum atomic E-state index is -0.764. The maximum Gasteiger partial charge on any atom is 0.304 e. The fourth-order valence-electron chi connectivity index (χ4n) is 1.88. The summed E-state index contributed by atoms with van der Waals surface area (Å²) >= 11 is 3.37. The molecular formula is C14H20BrNO3. The molecule has 0 bridgehead atoms. The summed E-state index contributed by atoms with van der Waals surface area (Å²) in [5.74, 6) is 0.0601. The summed E-state index contributed by atoms with van der Waals surface area (Å²) in [7, 11) is 0. The molecule has 0 spiro atoms. The molecule has 0 aliphatic heterocycles. The Bertz CT molecular complexity index is 394. The van der Waals surface area contributed by atoms with Gasteiger partial charge in [-0.3, -0.25) is 9.69 Å². The van der Waals surface area contributed by atoms with Gasteiger partial charge in [-0.2, -0.15) is 0 Å². The van der Waals surface area contributed by atoms with Crippen molar-refractivity contribution in [1.82, 2.24) is 4.90 Å². The number of rotatable bonds is 8.